The Bertz CT molecular complexity index is 1190. The number of hydrogen-bond donors (Lipinski definition) is 0. The van der Waals surface area contributed by atoms with E-state index in [2.05, 4.69) is 9.89 Å². The van der Waals surface area contributed by atoms with Gasteiger partial charge in [0.15, 0.2) is 0 Å². The summed E-state index contributed by atoms with van der Waals surface area (Å²) < 4.78 is 66.1. The smallest absolute Gasteiger partial charge is 0.314 e. The quantitative estimate of drug-likeness (QED) is 0.623. The normalized spacial score (nSPS) is 18.9. The number of halogens is 5. The van der Waals surface area contributed by atoms with E-state index < -0.39 is 17.6 Å². The van der Waals surface area contributed by atoms with Crippen LogP contribution in [0.4, 0.5) is 22.0 Å². The highest BCUT2D eigenvalue weighted by Gasteiger charge is 2.41. The first-order valence-corrected chi connectivity index (χ1v) is 10.9. The lowest BCUT2D eigenvalue weighted by Gasteiger charge is -2.42. The van der Waals surface area contributed by atoms with Crippen molar-refractivity contribution in [1.82, 2.24) is 14.7 Å². The minimum atomic E-state index is -4.79. The molecule has 0 N–H and O–H groups in total. The van der Waals surface area contributed by atoms with Crippen LogP contribution in [0.25, 0.3) is 0 Å². The molecule has 0 radical (unpaired) electrons. The van der Waals surface area contributed by atoms with Crippen LogP contribution in [0.15, 0.2) is 58.7 Å². The number of rotatable bonds is 4. The number of carbonyl (C=O) groups is 1. The number of guanidine groups is 1. The van der Waals surface area contributed by atoms with Crippen LogP contribution in [0.1, 0.15) is 23.1 Å². The molecular formula is C24H21F5N4O. The van der Waals surface area contributed by atoms with Gasteiger partial charge < -0.3 is 4.90 Å². The van der Waals surface area contributed by atoms with E-state index in [1.807, 2.05) is 4.90 Å². The Morgan fingerprint density at radius 1 is 0.941 bits per heavy atom. The number of carbonyl (C=O) groups excluding carboxylic acids is 1. The predicted molar refractivity (Wildman–Crippen MR) is 114 cm³/mol. The molecule has 0 atom stereocenters. The number of benzene rings is 2. The van der Waals surface area contributed by atoms with Crippen LogP contribution < -0.4 is 0 Å². The Morgan fingerprint density at radius 2 is 1.68 bits per heavy atom. The van der Waals surface area contributed by atoms with Crippen molar-refractivity contribution in [3.8, 4) is 0 Å². The van der Waals surface area contributed by atoms with Crippen LogP contribution in [0.3, 0.4) is 0 Å². The van der Waals surface area contributed by atoms with Gasteiger partial charge in [0.25, 0.3) is 5.91 Å². The number of amides is 1. The summed E-state index contributed by atoms with van der Waals surface area (Å²) >= 11 is 0. The van der Waals surface area contributed by atoms with Crippen molar-refractivity contribution in [2.24, 2.45) is 4.99 Å². The molecule has 5 nitrogen and oxygen atoms in total. The highest BCUT2D eigenvalue weighted by Crippen LogP contribution is 2.34. The maximum atomic E-state index is 14.1. The predicted octanol–water partition coefficient (Wildman–Crippen LogP) is 4.16. The summed E-state index contributed by atoms with van der Waals surface area (Å²) in [5.74, 6) is -1.51. The molecule has 2 aromatic rings. The Morgan fingerprint density at radius 3 is 2.38 bits per heavy atom. The van der Waals surface area contributed by atoms with Gasteiger partial charge in [0.2, 0.25) is 5.96 Å². The zero-order valence-electron chi connectivity index (χ0n) is 18.1. The maximum Gasteiger partial charge on any atom is 0.419 e. The van der Waals surface area contributed by atoms with Crippen LogP contribution in [0.5, 0.6) is 0 Å². The summed E-state index contributed by atoms with van der Waals surface area (Å²) in [4.78, 5) is 23.4. The van der Waals surface area contributed by atoms with E-state index >= 15 is 0 Å². The zero-order chi connectivity index (χ0) is 24.0. The summed E-state index contributed by atoms with van der Waals surface area (Å²) in [6.45, 7) is 2.67. The molecule has 3 heterocycles. The fourth-order valence-electron chi connectivity index (χ4n) is 4.67. The van der Waals surface area contributed by atoms with Crippen molar-refractivity contribution in [3.05, 3.63) is 82.1 Å². The average molecular weight is 476 g/mol. The number of alkyl halides is 3. The SMILES string of the molecule is O=C1C2=C(CCN(Cc3ccc(F)cc3)C2)N2CCN=C2N1Cc1ccc(C(F)(F)F)c(F)c1. The van der Waals surface area contributed by atoms with Crippen LogP contribution in [0, 0.1) is 11.6 Å². The van der Waals surface area contributed by atoms with Gasteiger partial charge in [-0.3, -0.25) is 19.6 Å². The third-order valence-corrected chi connectivity index (χ3v) is 6.28. The first-order chi connectivity index (χ1) is 16.2. The average Bonchev–Trinajstić information content (AvgIpc) is 3.27. The monoisotopic (exact) mass is 476 g/mol. The Kier molecular flexibility index (Phi) is 5.63. The van der Waals surface area contributed by atoms with Gasteiger partial charge in [-0.2, -0.15) is 13.2 Å². The van der Waals surface area contributed by atoms with E-state index in [0.29, 0.717) is 50.2 Å². The first-order valence-electron chi connectivity index (χ1n) is 10.9. The first kappa shape index (κ1) is 22.5. The van der Waals surface area contributed by atoms with Crippen LogP contribution in [-0.4, -0.2) is 52.7 Å². The fourth-order valence-corrected chi connectivity index (χ4v) is 4.67. The molecule has 0 spiro atoms. The molecular weight excluding hydrogens is 455 g/mol. The molecule has 10 heteroatoms. The van der Waals surface area contributed by atoms with Gasteiger partial charge in [-0.25, -0.2) is 8.78 Å². The second kappa shape index (κ2) is 8.50. The van der Waals surface area contributed by atoms with Gasteiger partial charge in [-0.15, -0.1) is 0 Å². The maximum absolute atomic E-state index is 14.1. The van der Waals surface area contributed by atoms with E-state index in [1.54, 1.807) is 12.1 Å². The molecule has 0 saturated heterocycles. The lowest BCUT2D eigenvalue weighted by molar-refractivity contribution is -0.140. The Labute approximate surface area is 192 Å². The van der Waals surface area contributed by atoms with Crippen molar-refractivity contribution in [1.29, 1.82) is 0 Å². The molecule has 1 amide bonds. The van der Waals surface area contributed by atoms with E-state index in [1.165, 1.54) is 23.1 Å². The number of aliphatic imine (C=N–C) groups is 1. The summed E-state index contributed by atoms with van der Waals surface area (Å²) in [5, 5.41) is 0. The molecule has 2 aromatic carbocycles. The topological polar surface area (TPSA) is 39.2 Å². The molecule has 0 unspecified atom stereocenters. The van der Waals surface area contributed by atoms with Crippen LogP contribution in [-0.2, 0) is 24.1 Å². The van der Waals surface area contributed by atoms with Gasteiger partial charge in [-0.1, -0.05) is 18.2 Å². The molecule has 178 valence electrons. The number of fused-ring (bicyclic) bond motifs is 2. The van der Waals surface area contributed by atoms with Crippen molar-refractivity contribution >= 4 is 11.9 Å². The highest BCUT2D eigenvalue weighted by molar-refractivity contribution is 6.09. The lowest BCUT2D eigenvalue weighted by Crippen LogP contribution is -2.53. The molecule has 0 aliphatic carbocycles. The van der Waals surface area contributed by atoms with Crippen LogP contribution in [0.2, 0.25) is 0 Å². The third-order valence-electron chi connectivity index (χ3n) is 6.28. The molecule has 0 bridgehead atoms. The minimum Gasteiger partial charge on any atom is -0.314 e. The largest absolute Gasteiger partial charge is 0.419 e. The molecule has 3 aliphatic heterocycles. The van der Waals surface area contributed by atoms with Crippen molar-refractivity contribution in [2.75, 3.05) is 26.2 Å². The number of nitrogens with zero attached hydrogens (tertiary/aromatic N) is 4. The lowest BCUT2D eigenvalue weighted by atomic mass is 10.00. The van der Waals surface area contributed by atoms with Crippen LogP contribution >= 0.6 is 0 Å². The summed E-state index contributed by atoms with van der Waals surface area (Å²) in [6.07, 6.45) is -4.14. The van der Waals surface area contributed by atoms with Crippen molar-refractivity contribution in [3.63, 3.8) is 0 Å². The van der Waals surface area contributed by atoms with Gasteiger partial charge in [-0.05, 0) is 35.4 Å². The molecule has 0 fully saturated rings. The Hall–Kier alpha value is -3.27. The van der Waals surface area contributed by atoms with Crippen molar-refractivity contribution in [2.45, 2.75) is 25.7 Å². The zero-order valence-corrected chi connectivity index (χ0v) is 18.1. The standard InChI is InChI=1S/C24H21F5N4O/c25-17-4-1-15(2-5-17)12-31-9-7-21-18(14-31)22(34)33(23-30-8-10-32(21)23)13-16-3-6-19(20(26)11-16)24(27,28)29/h1-6,11H,7-10,12-14H2. The van der Waals surface area contributed by atoms with Gasteiger partial charge >= 0.3 is 6.18 Å². The van der Waals surface area contributed by atoms with Gasteiger partial charge in [0.05, 0.1) is 24.2 Å². The van der Waals surface area contributed by atoms with Crippen molar-refractivity contribution < 1.29 is 26.7 Å². The third kappa shape index (κ3) is 4.18. The second-order valence-electron chi connectivity index (χ2n) is 8.55. The second-order valence-corrected chi connectivity index (χ2v) is 8.55. The minimum absolute atomic E-state index is 0.0854. The molecule has 3 aliphatic rings. The van der Waals surface area contributed by atoms with E-state index in [9.17, 15) is 26.7 Å². The van der Waals surface area contributed by atoms with E-state index in [-0.39, 0.29) is 23.8 Å². The molecule has 0 saturated carbocycles. The van der Waals surface area contributed by atoms with Gasteiger partial charge in [0, 0.05) is 38.3 Å². The molecule has 0 aromatic heterocycles. The molecule has 5 rings (SSSR count). The summed E-state index contributed by atoms with van der Waals surface area (Å²) in [6, 6.07) is 8.91. The highest BCUT2D eigenvalue weighted by atomic mass is 19.4. The van der Waals surface area contributed by atoms with E-state index in [4.69, 9.17) is 0 Å². The van der Waals surface area contributed by atoms with Gasteiger partial charge in [0.1, 0.15) is 11.6 Å². The van der Waals surface area contributed by atoms with E-state index in [0.717, 1.165) is 23.9 Å². The number of hydrogen-bond acceptors (Lipinski definition) is 4. The Balaban J connectivity index is 1.38. The molecule has 34 heavy (non-hydrogen) atoms. The fraction of sp³-hybridized carbons (Fsp3) is 0.333. The summed E-state index contributed by atoms with van der Waals surface area (Å²) in [5.41, 5.74) is 1.34. The summed E-state index contributed by atoms with van der Waals surface area (Å²) in [7, 11) is 0.